The molecule has 176 valence electrons. The number of fused-ring (bicyclic) bond motifs is 2. The maximum atomic E-state index is 13.3. The number of benzene rings is 2. The number of urea groups is 1. The molecule has 2 aromatic carbocycles. The van der Waals surface area contributed by atoms with Gasteiger partial charge < -0.3 is 19.9 Å². The summed E-state index contributed by atoms with van der Waals surface area (Å²) in [4.78, 5) is 20.9. The lowest BCUT2D eigenvalue weighted by molar-refractivity contribution is -0.137. The number of rotatable bonds is 0. The number of amides is 2. The van der Waals surface area contributed by atoms with Crippen LogP contribution in [0.1, 0.15) is 37.5 Å². The van der Waals surface area contributed by atoms with Crippen LogP contribution < -0.4 is 10.1 Å². The topological polar surface area (TPSA) is 57.2 Å². The maximum absolute atomic E-state index is 13.3. The Kier molecular flexibility index (Phi) is 5.76. The lowest BCUT2D eigenvalue weighted by Gasteiger charge is -2.37. The molecule has 1 N–H and O–H groups in total. The van der Waals surface area contributed by atoms with Crippen molar-refractivity contribution in [3.05, 3.63) is 53.1 Å². The van der Waals surface area contributed by atoms with Gasteiger partial charge in [0.1, 0.15) is 17.3 Å². The van der Waals surface area contributed by atoms with Crippen LogP contribution in [-0.2, 0) is 6.18 Å². The van der Waals surface area contributed by atoms with Crippen LogP contribution in [-0.4, -0.2) is 53.4 Å². The number of carbonyl (C=O) groups excluding carboxylic acids is 1. The highest BCUT2D eigenvalue weighted by Crippen LogP contribution is 2.42. The van der Waals surface area contributed by atoms with Crippen molar-refractivity contribution in [1.29, 1.82) is 0 Å². The molecular weight excluding hydrogens is 433 g/mol. The van der Waals surface area contributed by atoms with Gasteiger partial charge in [-0.05, 0) is 58.0 Å². The molecule has 0 saturated carbocycles. The highest BCUT2D eigenvalue weighted by molar-refractivity contribution is 6.04. The van der Waals surface area contributed by atoms with Crippen LogP contribution in [0, 0.1) is 6.92 Å². The van der Waals surface area contributed by atoms with E-state index in [4.69, 9.17) is 4.74 Å². The van der Waals surface area contributed by atoms with Crippen molar-refractivity contribution in [1.82, 2.24) is 15.1 Å². The summed E-state index contributed by atoms with van der Waals surface area (Å²) in [6, 6.07) is 8.80. The average molecular weight is 461 g/mol. The summed E-state index contributed by atoms with van der Waals surface area (Å²) in [5.74, 6) is 1.35. The third-order valence-corrected chi connectivity index (χ3v) is 5.46. The standard InChI is InChI=1S/C24H27F3N4O2/c1-15-5-7-19-17(13-15)21(28-18-14-16(24(25,26)27)6-8-20(18)33-19)30-9-11-31(12-10-30)22(32)29-23(2,3)4/h5-8,13-14H,9-12H2,1-4H3,(H,29,32). The monoisotopic (exact) mass is 460 g/mol. The number of nitrogens with one attached hydrogen (secondary N) is 1. The average Bonchev–Trinajstić information content (AvgIpc) is 2.88. The molecule has 33 heavy (non-hydrogen) atoms. The van der Waals surface area contributed by atoms with Crippen LogP contribution in [0.25, 0.3) is 0 Å². The van der Waals surface area contributed by atoms with Crippen molar-refractivity contribution in [3.63, 3.8) is 0 Å². The number of hydrogen-bond acceptors (Lipinski definition) is 4. The van der Waals surface area contributed by atoms with Gasteiger partial charge in [0, 0.05) is 31.7 Å². The lowest BCUT2D eigenvalue weighted by atomic mass is 10.1. The van der Waals surface area contributed by atoms with Crippen LogP contribution in [0.3, 0.4) is 0 Å². The molecule has 0 atom stereocenters. The molecular formula is C24H27F3N4O2. The minimum absolute atomic E-state index is 0.126. The third-order valence-electron chi connectivity index (χ3n) is 5.46. The second-order valence-electron chi connectivity index (χ2n) is 9.37. The van der Waals surface area contributed by atoms with Crippen molar-refractivity contribution in [2.45, 2.75) is 39.4 Å². The number of aliphatic imine (C=N–C) groups is 1. The van der Waals surface area contributed by atoms with E-state index in [2.05, 4.69) is 10.3 Å². The molecule has 2 heterocycles. The van der Waals surface area contributed by atoms with E-state index in [1.54, 1.807) is 11.0 Å². The summed E-state index contributed by atoms with van der Waals surface area (Å²) in [6.45, 7) is 9.65. The van der Waals surface area contributed by atoms with E-state index in [0.717, 1.165) is 17.7 Å². The van der Waals surface area contributed by atoms with E-state index >= 15 is 0 Å². The summed E-state index contributed by atoms with van der Waals surface area (Å²) in [5, 5.41) is 2.96. The molecule has 0 bridgehead atoms. The van der Waals surface area contributed by atoms with Gasteiger partial charge in [-0.1, -0.05) is 11.6 Å². The Bertz CT molecular complexity index is 1100. The Hall–Kier alpha value is -3.23. The number of nitrogens with zero attached hydrogens (tertiary/aromatic N) is 3. The zero-order valence-corrected chi connectivity index (χ0v) is 19.1. The Morgan fingerprint density at radius 3 is 2.30 bits per heavy atom. The van der Waals surface area contributed by atoms with Crippen LogP contribution >= 0.6 is 0 Å². The Balaban J connectivity index is 1.67. The zero-order chi connectivity index (χ0) is 24.0. The van der Waals surface area contributed by atoms with Gasteiger partial charge in [0.15, 0.2) is 5.75 Å². The molecule has 2 aliphatic rings. The fraction of sp³-hybridized carbons (Fsp3) is 0.417. The van der Waals surface area contributed by atoms with Crippen molar-refractivity contribution in [2.24, 2.45) is 4.99 Å². The zero-order valence-electron chi connectivity index (χ0n) is 19.1. The number of halogens is 3. The normalized spacial score (nSPS) is 16.3. The fourth-order valence-electron chi connectivity index (χ4n) is 3.83. The fourth-order valence-corrected chi connectivity index (χ4v) is 3.83. The summed E-state index contributed by atoms with van der Waals surface area (Å²) in [7, 11) is 0. The molecule has 2 amide bonds. The van der Waals surface area contributed by atoms with E-state index < -0.39 is 11.7 Å². The van der Waals surface area contributed by atoms with Gasteiger partial charge in [-0.25, -0.2) is 9.79 Å². The number of hydrogen-bond donors (Lipinski definition) is 1. The van der Waals surface area contributed by atoms with Crippen LogP contribution in [0.15, 0.2) is 41.4 Å². The maximum Gasteiger partial charge on any atom is 0.416 e. The smallest absolute Gasteiger partial charge is 0.416 e. The van der Waals surface area contributed by atoms with Gasteiger partial charge in [0.2, 0.25) is 0 Å². The van der Waals surface area contributed by atoms with E-state index in [1.165, 1.54) is 6.07 Å². The van der Waals surface area contributed by atoms with E-state index in [0.29, 0.717) is 43.3 Å². The molecule has 2 aromatic rings. The molecule has 9 heteroatoms. The molecule has 0 aliphatic carbocycles. The first-order valence-electron chi connectivity index (χ1n) is 10.8. The molecule has 4 rings (SSSR count). The molecule has 1 saturated heterocycles. The minimum atomic E-state index is -4.48. The number of piperazine rings is 1. The molecule has 0 radical (unpaired) electrons. The van der Waals surface area contributed by atoms with Crippen LogP contribution in [0.4, 0.5) is 23.7 Å². The Morgan fingerprint density at radius 1 is 1.00 bits per heavy atom. The van der Waals surface area contributed by atoms with E-state index in [1.807, 2.05) is 44.7 Å². The van der Waals surface area contributed by atoms with Gasteiger partial charge in [-0.15, -0.1) is 0 Å². The largest absolute Gasteiger partial charge is 0.454 e. The first-order chi connectivity index (χ1) is 15.4. The molecule has 0 aromatic heterocycles. The number of amidine groups is 1. The van der Waals surface area contributed by atoms with E-state index in [-0.39, 0.29) is 23.0 Å². The number of aryl methyl sites for hydroxylation is 1. The SMILES string of the molecule is Cc1ccc2c(c1)C(N1CCN(C(=O)NC(C)(C)C)CC1)=Nc1cc(C(F)(F)F)ccc1O2. The minimum Gasteiger partial charge on any atom is -0.454 e. The van der Waals surface area contributed by atoms with Crippen LogP contribution in [0.5, 0.6) is 11.5 Å². The summed E-state index contributed by atoms with van der Waals surface area (Å²) in [5.41, 5.74) is 0.704. The molecule has 6 nitrogen and oxygen atoms in total. The number of alkyl halides is 3. The van der Waals surface area contributed by atoms with E-state index in [9.17, 15) is 18.0 Å². The highest BCUT2D eigenvalue weighted by atomic mass is 19.4. The lowest BCUT2D eigenvalue weighted by Crippen LogP contribution is -2.56. The highest BCUT2D eigenvalue weighted by Gasteiger charge is 2.33. The predicted octanol–water partition coefficient (Wildman–Crippen LogP) is 5.32. The Labute approximate surface area is 191 Å². The van der Waals surface area contributed by atoms with Gasteiger partial charge in [-0.2, -0.15) is 13.2 Å². The van der Waals surface area contributed by atoms with Crippen molar-refractivity contribution >= 4 is 17.6 Å². The summed E-state index contributed by atoms with van der Waals surface area (Å²) in [6.07, 6.45) is -4.48. The third kappa shape index (κ3) is 5.07. The number of carbonyl (C=O) groups is 1. The quantitative estimate of drug-likeness (QED) is 0.579. The van der Waals surface area contributed by atoms with Gasteiger partial charge in [0.05, 0.1) is 11.1 Å². The Morgan fingerprint density at radius 2 is 1.67 bits per heavy atom. The van der Waals surface area contributed by atoms with Gasteiger partial charge in [0.25, 0.3) is 0 Å². The summed E-state index contributed by atoms with van der Waals surface area (Å²) < 4.78 is 45.9. The first kappa shape index (κ1) is 22.9. The van der Waals surface area contributed by atoms with Gasteiger partial charge >= 0.3 is 12.2 Å². The second-order valence-corrected chi connectivity index (χ2v) is 9.37. The van der Waals surface area contributed by atoms with Crippen LogP contribution in [0.2, 0.25) is 0 Å². The van der Waals surface area contributed by atoms with Crippen molar-refractivity contribution in [2.75, 3.05) is 26.2 Å². The van der Waals surface area contributed by atoms with Crippen molar-refractivity contribution in [3.8, 4) is 11.5 Å². The second kappa shape index (κ2) is 8.28. The summed E-state index contributed by atoms with van der Waals surface area (Å²) >= 11 is 0. The number of ether oxygens (including phenoxy) is 1. The first-order valence-corrected chi connectivity index (χ1v) is 10.8. The van der Waals surface area contributed by atoms with Crippen molar-refractivity contribution < 1.29 is 22.7 Å². The molecule has 2 aliphatic heterocycles. The molecule has 1 fully saturated rings. The molecule has 0 spiro atoms. The molecule has 0 unspecified atom stereocenters. The van der Waals surface area contributed by atoms with Gasteiger partial charge in [-0.3, -0.25) is 0 Å². The predicted molar refractivity (Wildman–Crippen MR) is 120 cm³/mol.